The molecule has 0 aromatic heterocycles. The van der Waals surface area contributed by atoms with E-state index in [0.717, 1.165) is 4.90 Å². The van der Waals surface area contributed by atoms with E-state index in [0.29, 0.717) is 24.9 Å². The molecule has 0 radical (unpaired) electrons. The highest BCUT2D eigenvalue weighted by molar-refractivity contribution is 6.09. The van der Waals surface area contributed by atoms with Crippen LogP contribution in [0.3, 0.4) is 0 Å². The highest BCUT2D eigenvalue weighted by Gasteiger charge is 2.49. The van der Waals surface area contributed by atoms with Gasteiger partial charge in [0.1, 0.15) is 17.9 Å². The fourth-order valence-electron chi connectivity index (χ4n) is 3.46. The van der Waals surface area contributed by atoms with Crippen molar-refractivity contribution < 1.29 is 28.7 Å². The molecule has 1 aromatic rings. The van der Waals surface area contributed by atoms with Crippen LogP contribution in [0.1, 0.15) is 25.3 Å². The minimum Gasteiger partial charge on any atom is -0.481 e. The predicted molar refractivity (Wildman–Crippen MR) is 90.9 cm³/mol. The van der Waals surface area contributed by atoms with Gasteiger partial charge in [0.2, 0.25) is 5.91 Å². The molecule has 2 heterocycles. The maximum absolute atomic E-state index is 13.1. The van der Waals surface area contributed by atoms with Gasteiger partial charge in [0.25, 0.3) is 5.91 Å². The van der Waals surface area contributed by atoms with Crippen LogP contribution in [0.15, 0.2) is 24.3 Å². The smallest absolute Gasteiger partial charge is 0.325 e. The molecule has 9 heteroatoms. The molecule has 0 saturated carbocycles. The normalized spacial score (nSPS) is 25.5. The Labute approximate surface area is 154 Å². The van der Waals surface area contributed by atoms with Crippen LogP contribution < -0.4 is 5.32 Å². The number of benzene rings is 1. The number of carboxylic acid groups (broad SMARTS) is 1. The van der Waals surface area contributed by atoms with Crippen molar-refractivity contribution in [3.8, 4) is 0 Å². The zero-order chi connectivity index (χ0) is 19.8. The van der Waals surface area contributed by atoms with Crippen molar-refractivity contribution >= 4 is 23.8 Å². The number of hydrogen-bond donors (Lipinski definition) is 2. The summed E-state index contributed by atoms with van der Waals surface area (Å²) in [6.45, 7) is 1.48. The second-order valence-corrected chi connectivity index (χ2v) is 6.97. The topological polar surface area (TPSA) is 107 Å². The number of hydrogen-bond acceptors (Lipinski definition) is 4. The molecule has 2 fully saturated rings. The van der Waals surface area contributed by atoms with Gasteiger partial charge in [-0.15, -0.1) is 0 Å². The Morgan fingerprint density at radius 1 is 1.30 bits per heavy atom. The van der Waals surface area contributed by atoms with Gasteiger partial charge in [0, 0.05) is 13.1 Å². The van der Waals surface area contributed by atoms with Crippen molar-refractivity contribution in [2.24, 2.45) is 5.92 Å². The minimum absolute atomic E-state index is 0.0625. The molecule has 4 amide bonds. The highest BCUT2D eigenvalue weighted by Crippen LogP contribution is 2.29. The fraction of sp³-hybridized carbons (Fsp3) is 0.444. The lowest BCUT2D eigenvalue weighted by Gasteiger charge is -2.31. The van der Waals surface area contributed by atoms with Gasteiger partial charge in [-0.3, -0.25) is 19.3 Å². The monoisotopic (exact) mass is 377 g/mol. The molecule has 0 aliphatic carbocycles. The molecule has 2 aliphatic rings. The van der Waals surface area contributed by atoms with Crippen molar-refractivity contribution in [3.05, 3.63) is 35.6 Å². The second-order valence-electron chi connectivity index (χ2n) is 6.97. The molecule has 2 unspecified atom stereocenters. The molecule has 2 saturated heterocycles. The number of piperidine rings is 1. The van der Waals surface area contributed by atoms with Crippen molar-refractivity contribution in [3.63, 3.8) is 0 Å². The van der Waals surface area contributed by atoms with Gasteiger partial charge in [-0.25, -0.2) is 9.18 Å². The van der Waals surface area contributed by atoms with Crippen LogP contribution in [0.25, 0.3) is 0 Å². The summed E-state index contributed by atoms with van der Waals surface area (Å²) in [7, 11) is 0. The molecular formula is C18H20FN3O5. The number of aliphatic carboxylic acids is 1. The first kappa shape index (κ1) is 18.8. The number of nitrogens with zero attached hydrogens (tertiary/aromatic N) is 2. The van der Waals surface area contributed by atoms with Crippen LogP contribution in [-0.2, 0) is 19.9 Å². The van der Waals surface area contributed by atoms with Gasteiger partial charge < -0.3 is 15.3 Å². The van der Waals surface area contributed by atoms with Crippen molar-refractivity contribution in [1.29, 1.82) is 0 Å². The molecule has 0 spiro atoms. The zero-order valence-corrected chi connectivity index (χ0v) is 14.8. The summed E-state index contributed by atoms with van der Waals surface area (Å²) in [6, 6.07) is 4.47. The Bertz CT molecular complexity index is 797. The van der Waals surface area contributed by atoms with E-state index in [4.69, 9.17) is 5.11 Å². The fourth-order valence-corrected chi connectivity index (χ4v) is 3.46. The largest absolute Gasteiger partial charge is 0.481 e. The highest BCUT2D eigenvalue weighted by atomic mass is 19.1. The van der Waals surface area contributed by atoms with E-state index in [2.05, 4.69) is 5.32 Å². The Balaban J connectivity index is 1.73. The van der Waals surface area contributed by atoms with Gasteiger partial charge >= 0.3 is 12.0 Å². The minimum atomic E-state index is -1.39. The lowest BCUT2D eigenvalue weighted by Crippen LogP contribution is -2.48. The van der Waals surface area contributed by atoms with Gasteiger partial charge in [-0.1, -0.05) is 12.1 Å². The first-order valence-electron chi connectivity index (χ1n) is 8.63. The molecule has 27 heavy (non-hydrogen) atoms. The summed E-state index contributed by atoms with van der Waals surface area (Å²) in [5.74, 6) is -3.17. The number of nitrogens with one attached hydrogen (secondary N) is 1. The summed E-state index contributed by atoms with van der Waals surface area (Å²) in [4.78, 5) is 50.9. The van der Waals surface area contributed by atoms with E-state index in [9.17, 15) is 23.6 Å². The molecule has 2 N–H and O–H groups in total. The summed E-state index contributed by atoms with van der Waals surface area (Å²) in [5, 5.41) is 11.7. The molecule has 2 aliphatic heterocycles. The number of likely N-dealkylation sites (tertiary alicyclic amines) is 1. The Morgan fingerprint density at radius 3 is 2.59 bits per heavy atom. The average Bonchev–Trinajstić information content (AvgIpc) is 2.86. The van der Waals surface area contributed by atoms with Gasteiger partial charge in [-0.05, 0) is 37.5 Å². The Kier molecular flexibility index (Phi) is 4.86. The lowest BCUT2D eigenvalue weighted by atomic mass is 9.92. The second kappa shape index (κ2) is 6.98. The number of carbonyl (C=O) groups excluding carboxylic acids is 3. The molecule has 8 nitrogen and oxygen atoms in total. The summed E-state index contributed by atoms with van der Waals surface area (Å²) in [5.41, 5.74) is -0.988. The first-order chi connectivity index (χ1) is 12.7. The third-order valence-electron chi connectivity index (χ3n) is 5.11. The quantitative estimate of drug-likeness (QED) is 0.759. The number of imide groups is 1. The standard InChI is InChI=1S/C18H20FN3O5/c1-18(12-4-6-13(19)7-5-12)16(26)22(17(27)20-18)10-14(23)21-8-2-3-11(9-21)15(24)25/h4-7,11H,2-3,8-10H2,1H3,(H,20,27)(H,24,25). The van der Waals surface area contributed by atoms with Gasteiger partial charge in [0.15, 0.2) is 0 Å². The third-order valence-corrected chi connectivity index (χ3v) is 5.11. The summed E-state index contributed by atoms with van der Waals surface area (Å²) in [6.07, 6.45) is 1.04. The Morgan fingerprint density at radius 2 is 1.96 bits per heavy atom. The van der Waals surface area contributed by atoms with E-state index >= 15 is 0 Å². The van der Waals surface area contributed by atoms with E-state index in [1.807, 2.05) is 0 Å². The van der Waals surface area contributed by atoms with Gasteiger partial charge in [0.05, 0.1) is 5.92 Å². The molecule has 0 bridgehead atoms. The van der Waals surface area contributed by atoms with E-state index in [1.165, 1.54) is 36.1 Å². The zero-order valence-electron chi connectivity index (χ0n) is 14.8. The van der Waals surface area contributed by atoms with E-state index in [-0.39, 0.29) is 6.54 Å². The Hall–Kier alpha value is -2.97. The van der Waals surface area contributed by atoms with Crippen molar-refractivity contribution in [2.45, 2.75) is 25.3 Å². The third kappa shape index (κ3) is 3.49. The van der Waals surface area contributed by atoms with Crippen LogP contribution in [0.5, 0.6) is 0 Å². The molecule has 144 valence electrons. The predicted octanol–water partition coefficient (Wildman–Crippen LogP) is 0.916. The van der Waals surface area contributed by atoms with Crippen LogP contribution in [0.2, 0.25) is 0 Å². The molecule has 3 rings (SSSR count). The average molecular weight is 377 g/mol. The maximum Gasteiger partial charge on any atom is 0.325 e. The number of halogens is 1. The molecule has 1 aromatic carbocycles. The van der Waals surface area contributed by atoms with E-state index < -0.39 is 47.6 Å². The van der Waals surface area contributed by atoms with Crippen LogP contribution in [-0.4, -0.2) is 58.4 Å². The summed E-state index contributed by atoms with van der Waals surface area (Å²) < 4.78 is 13.1. The summed E-state index contributed by atoms with van der Waals surface area (Å²) >= 11 is 0. The maximum atomic E-state index is 13.1. The number of urea groups is 1. The van der Waals surface area contributed by atoms with Crippen LogP contribution in [0, 0.1) is 11.7 Å². The van der Waals surface area contributed by atoms with E-state index in [1.54, 1.807) is 0 Å². The van der Waals surface area contributed by atoms with Gasteiger partial charge in [-0.2, -0.15) is 0 Å². The number of rotatable bonds is 4. The molecule has 2 atom stereocenters. The van der Waals surface area contributed by atoms with Crippen LogP contribution in [0.4, 0.5) is 9.18 Å². The number of amides is 4. The van der Waals surface area contributed by atoms with Crippen molar-refractivity contribution in [1.82, 2.24) is 15.1 Å². The first-order valence-corrected chi connectivity index (χ1v) is 8.63. The van der Waals surface area contributed by atoms with Crippen LogP contribution >= 0.6 is 0 Å². The number of carboxylic acids is 1. The number of carbonyl (C=O) groups is 4. The SMILES string of the molecule is CC1(c2ccc(F)cc2)NC(=O)N(CC(=O)N2CCCC(C(=O)O)C2)C1=O. The lowest BCUT2D eigenvalue weighted by molar-refractivity contribution is -0.147. The molecular weight excluding hydrogens is 357 g/mol. The van der Waals surface area contributed by atoms with Crippen molar-refractivity contribution in [2.75, 3.05) is 19.6 Å².